The van der Waals surface area contributed by atoms with Crippen LogP contribution in [-0.2, 0) is 4.57 Å². The van der Waals surface area contributed by atoms with Crippen molar-refractivity contribution in [2.75, 3.05) is 6.16 Å². The molecule has 0 aromatic heterocycles. The molecule has 0 N–H and O–H groups in total. The van der Waals surface area contributed by atoms with Crippen molar-refractivity contribution < 1.29 is 4.57 Å². The quantitative estimate of drug-likeness (QED) is 0.646. The van der Waals surface area contributed by atoms with Gasteiger partial charge in [0, 0.05) is 17.1 Å². The Bertz CT molecular complexity index is 385. The van der Waals surface area contributed by atoms with Crippen LogP contribution in [0.3, 0.4) is 0 Å². The van der Waals surface area contributed by atoms with Gasteiger partial charge >= 0.3 is 0 Å². The van der Waals surface area contributed by atoms with Gasteiger partial charge in [-0.05, 0) is 25.2 Å². The maximum absolute atomic E-state index is 12.8. The lowest BCUT2D eigenvalue weighted by Crippen LogP contribution is -2.15. The molecule has 3 unspecified atom stereocenters. The van der Waals surface area contributed by atoms with Gasteiger partial charge in [-0.15, -0.1) is 0 Å². The lowest BCUT2D eigenvalue weighted by atomic mass is 10.1. The van der Waals surface area contributed by atoms with Gasteiger partial charge < -0.3 is 4.57 Å². The number of rotatable bonds is 1. The highest BCUT2D eigenvalue weighted by Gasteiger charge is 2.48. The summed E-state index contributed by atoms with van der Waals surface area (Å²) in [5.41, 5.74) is 0.523. The first-order valence-electron chi connectivity index (χ1n) is 5.43. The van der Waals surface area contributed by atoms with Crippen molar-refractivity contribution in [3.8, 4) is 0 Å². The first-order valence-corrected chi connectivity index (χ1v) is 7.39. The van der Waals surface area contributed by atoms with Crippen LogP contribution in [0.15, 0.2) is 30.3 Å². The predicted molar refractivity (Wildman–Crippen MR) is 59.7 cm³/mol. The molecule has 1 heterocycles. The Kier molecular flexibility index (Phi) is 1.85. The molecule has 1 saturated carbocycles. The topological polar surface area (TPSA) is 17.1 Å². The number of benzene rings is 1. The Morgan fingerprint density at radius 3 is 2.50 bits per heavy atom. The van der Waals surface area contributed by atoms with Crippen LogP contribution in [-0.4, -0.2) is 11.8 Å². The van der Waals surface area contributed by atoms with E-state index in [-0.39, 0.29) is 0 Å². The molecule has 2 bridgehead atoms. The molecule has 2 aliphatic rings. The van der Waals surface area contributed by atoms with Crippen molar-refractivity contribution in [1.29, 1.82) is 0 Å². The van der Waals surface area contributed by atoms with E-state index < -0.39 is 7.14 Å². The molecule has 1 nitrogen and oxygen atoms in total. The van der Waals surface area contributed by atoms with Crippen molar-refractivity contribution in [2.45, 2.75) is 24.9 Å². The standard InChI is InChI=1S/C12H15OP/c13-14(11-4-2-1-3-5-11)9-10-6-7-12(14)8-10/h1-5,10,12H,6-9H2. The molecule has 3 rings (SSSR count). The Balaban J connectivity index is 2.03. The highest BCUT2D eigenvalue weighted by atomic mass is 31.2. The van der Waals surface area contributed by atoms with Gasteiger partial charge in [0.05, 0.1) is 0 Å². The van der Waals surface area contributed by atoms with Crippen molar-refractivity contribution in [1.82, 2.24) is 0 Å². The second-order valence-corrected chi connectivity index (χ2v) is 7.85. The minimum absolute atomic E-state index is 0.523. The molecule has 0 spiro atoms. The molecular formula is C12H15OP. The minimum atomic E-state index is -1.98. The molecule has 1 aliphatic heterocycles. The fraction of sp³-hybridized carbons (Fsp3) is 0.500. The lowest BCUT2D eigenvalue weighted by molar-refractivity contribution is 0.562. The third-order valence-electron chi connectivity index (χ3n) is 3.83. The average molecular weight is 206 g/mol. The molecule has 0 amide bonds. The third-order valence-corrected chi connectivity index (χ3v) is 7.71. The zero-order valence-corrected chi connectivity index (χ0v) is 9.12. The molecule has 14 heavy (non-hydrogen) atoms. The second kappa shape index (κ2) is 2.97. The summed E-state index contributed by atoms with van der Waals surface area (Å²) < 4.78 is 12.8. The number of fused-ring (bicyclic) bond motifs is 2. The Morgan fingerprint density at radius 2 is 1.93 bits per heavy atom. The number of hydrogen-bond donors (Lipinski definition) is 0. The smallest absolute Gasteiger partial charge is 0.118 e. The molecule has 1 aromatic rings. The van der Waals surface area contributed by atoms with Crippen LogP contribution in [0, 0.1) is 5.92 Å². The first-order chi connectivity index (χ1) is 6.79. The predicted octanol–water partition coefficient (Wildman–Crippen LogP) is 2.86. The summed E-state index contributed by atoms with van der Waals surface area (Å²) in [6.45, 7) is 0. The SMILES string of the molecule is O=P1(c2ccccc2)CC2CCC1C2. The van der Waals surface area contributed by atoms with Crippen LogP contribution < -0.4 is 5.30 Å². The van der Waals surface area contributed by atoms with Gasteiger partial charge in [-0.25, -0.2) is 0 Å². The number of hydrogen-bond acceptors (Lipinski definition) is 1. The van der Waals surface area contributed by atoms with Gasteiger partial charge in [0.25, 0.3) is 0 Å². The third kappa shape index (κ3) is 1.12. The van der Waals surface area contributed by atoms with Gasteiger partial charge in [0.2, 0.25) is 0 Å². The Labute approximate surface area is 84.9 Å². The molecule has 2 heteroatoms. The van der Waals surface area contributed by atoms with E-state index in [0.717, 1.165) is 17.4 Å². The molecule has 74 valence electrons. The average Bonchev–Trinajstić information content (AvgIpc) is 2.79. The Hall–Kier alpha value is -0.550. The van der Waals surface area contributed by atoms with E-state index in [2.05, 4.69) is 12.1 Å². The summed E-state index contributed by atoms with van der Waals surface area (Å²) in [5.74, 6) is 0.769. The van der Waals surface area contributed by atoms with E-state index in [4.69, 9.17) is 0 Å². The van der Waals surface area contributed by atoms with Gasteiger partial charge in [-0.1, -0.05) is 30.3 Å². The summed E-state index contributed by atoms with van der Waals surface area (Å²) in [5, 5.41) is 1.13. The maximum atomic E-state index is 12.8. The monoisotopic (exact) mass is 206 g/mol. The van der Waals surface area contributed by atoms with Crippen LogP contribution >= 0.6 is 7.14 Å². The molecular weight excluding hydrogens is 191 g/mol. The van der Waals surface area contributed by atoms with E-state index in [0.29, 0.717) is 5.66 Å². The van der Waals surface area contributed by atoms with E-state index in [1.807, 2.05) is 18.2 Å². The van der Waals surface area contributed by atoms with Crippen LogP contribution in [0.5, 0.6) is 0 Å². The zero-order valence-electron chi connectivity index (χ0n) is 8.23. The van der Waals surface area contributed by atoms with E-state index in [1.165, 1.54) is 19.3 Å². The molecule has 0 radical (unpaired) electrons. The van der Waals surface area contributed by atoms with Gasteiger partial charge in [0.15, 0.2) is 0 Å². The zero-order chi connectivity index (χ0) is 9.60. The van der Waals surface area contributed by atoms with Crippen molar-refractivity contribution >= 4 is 12.4 Å². The van der Waals surface area contributed by atoms with Crippen LogP contribution in [0.1, 0.15) is 19.3 Å². The highest BCUT2D eigenvalue weighted by Crippen LogP contribution is 2.65. The van der Waals surface area contributed by atoms with Crippen molar-refractivity contribution in [3.63, 3.8) is 0 Å². The maximum Gasteiger partial charge on any atom is 0.118 e. The van der Waals surface area contributed by atoms with Crippen molar-refractivity contribution in [3.05, 3.63) is 30.3 Å². The minimum Gasteiger partial charge on any atom is -0.318 e. The van der Waals surface area contributed by atoms with Gasteiger partial charge in [-0.3, -0.25) is 0 Å². The lowest BCUT2D eigenvalue weighted by Gasteiger charge is -2.22. The first kappa shape index (κ1) is 8.73. The molecule has 1 aliphatic carbocycles. The Morgan fingerprint density at radius 1 is 1.14 bits per heavy atom. The largest absolute Gasteiger partial charge is 0.318 e. The molecule has 2 fully saturated rings. The molecule has 3 atom stereocenters. The van der Waals surface area contributed by atoms with E-state index in [1.54, 1.807) is 0 Å². The van der Waals surface area contributed by atoms with Crippen LogP contribution in [0.2, 0.25) is 0 Å². The molecule has 1 saturated heterocycles. The van der Waals surface area contributed by atoms with Gasteiger partial charge in [-0.2, -0.15) is 0 Å². The summed E-state index contributed by atoms with van der Waals surface area (Å²) >= 11 is 0. The summed E-state index contributed by atoms with van der Waals surface area (Å²) in [4.78, 5) is 0. The summed E-state index contributed by atoms with van der Waals surface area (Å²) in [7, 11) is -1.98. The van der Waals surface area contributed by atoms with Crippen LogP contribution in [0.25, 0.3) is 0 Å². The normalized spacial score (nSPS) is 40.3. The molecule has 1 aromatic carbocycles. The van der Waals surface area contributed by atoms with Crippen molar-refractivity contribution in [2.24, 2.45) is 5.92 Å². The van der Waals surface area contributed by atoms with E-state index >= 15 is 0 Å². The summed E-state index contributed by atoms with van der Waals surface area (Å²) in [6.07, 6.45) is 4.74. The van der Waals surface area contributed by atoms with Crippen LogP contribution in [0.4, 0.5) is 0 Å². The fourth-order valence-corrected chi connectivity index (χ4v) is 7.03. The highest BCUT2D eigenvalue weighted by molar-refractivity contribution is 7.72. The fourth-order valence-electron chi connectivity index (χ4n) is 3.12. The summed E-state index contributed by atoms with van der Waals surface area (Å²) in [6, 6.07) is 10.1. The van der Waals surface area contributed by atoms with E-state index in [9.17, 15) is 4.57 Å². The van der Waals surface area contributed by atoms with Gasteiger partial charge in [0.1, 0.15) is 7.14 Å². The second-order valence-electron chi connectivity index (χ2n) is 4.65.